The molecule has 1 aliphatic rings. The highest BCUT2D eigenvalue weighted by atomic mass is 32.2. The van der Waals surface area contributed by atoms with Crippen LogP contribution in [0.15, 0.2) is 24.3 Å². The van der Waals surface area contributed by atoms with Crippen LogP contribution >= 0.6 is 11.8 Å². The Morgan fingerprint density at radius 2 is 1.94 bits per heavy atom. The Hall–Kier alpha value is -2.61. The van der Waals surface area contributed by atoms with Crippen molar-refractivity contribution in [2.24, 2.45) is 5.92 Å². The molecule has 31 heavy (non-hydrogen) atoms. The van der Waals surface area contributed by atoms with E-state index in [1.165, 1.54) is 17.8 Å². The molecule has 3 rings (SSSR count). The third-order valence-electron chi connectivity index (χ3n) is 5.28. The zero-order valence-electron chi connectivity index (χ0n) is 18.5. The minimum atomic E-state index is -0.560. The normalized spacial score (nSPS) is 16.7. The number of hydrogen-bond acceptors (Lipinski definition) is 4. The number of Topliss-reactive ketones (excluding diaryl/α,β-unsaturated/α-hetero) is 1. The molecule has 1 N–H and O–H groups in total. The van der Waals surface area contributed by atoms with Gasteiger partial charge in [0, 0.05) is 29.2 Å². The van der Waals surface area contributed by atoms with E-state index < -0.39 is 5.50 Å². The first-order chi connectivity index (χ1) is 14.6. The number of benzene rings is 1. The molecule has 1 atom stereocenters. The van der Waals surface area contributed by atoms with Crippen molar-refractivity contribution < 1.29 is 18.8 Å². The number of thioether (sulfide) groups is 1. The monoisotopic (exact) mass is 445 g/mol. The van der Waals surface area contributed by atoms with Crippen LogP contribution in [0, 0.1) is 32.5 Å². The third kappa shape index (κ3) is 5.01. The van der Waals surface area contributed by atoms with Crippen molar-refractivity contribution in [3.05, 3.63) is 52.6 Å². The fraction of sp³-hybridized carbons (Fsp3) is 0.435. The van der Waals surface area contributed by atoms with Crippen molar-refractivity contribution in [3.8, 4) is 5.69 Å². The molecule has 2 amide bonds. The van der Waals surface area contributed by atoms with Crippen molar-refractivity contribution in [1.29, 1.82) is 0 Å². The number of amides is 2. The van der Waals surface area contributed by atoms with Gasteiger partial charge in [0.2, 0.25) is 11.8 Å². The Morgan fingerprint density at radius 3 is 2.58 bits per heavy atom. The summed E-state index contributed by atoms with van der Waals surface area (Å²) in [6, 6.07) is 6.80. The molecular formula is C23H28FN3O3S. The first kappa shape index (κ1) is 23.1. The van der Waals surface area contributed by atoms with Crippen LogP contribution in [0.3, 0.4) is 0 Å². The van der Waals surface area contributed by atoms with E-state index in [4.69, 9.17) is 0 Å². The lowest BCUT2D eigenvalue weighted by atomic mass is 10.2. The molecule has 0 aliphatic carbocycles. The molecule has 0 saturated carbocycles. The second-order valence-corrected chi connectivity index (χ2v) is 9.39. The maximum absolute atomic E-state index is 14.1. The molecule has 1 saturated heterocycles. The van der Waals surface area contributed by atoms with Crippen molar-refractivity contribution in [1.82, 2.24) is 14.8 Å². The summed E-state index contributed by atoms with van der Waals surface area (Å²) in [6.45, 7) is 9.92. The summed E-state index contributed by atoms with van der Waals surface area (Å²) < 4.78 is 15.9. The lowest BCUT2D eigenvalue weighted by molar-refractivity contribution is -0.142. The van der Waals surface area contributed by atoms with Crippen molar-refractivity contribution >= 4 is 29.4 Å². The first-order valence-electron chi connectivity index (χ1n) is 10.3. The lowest BCUT2D eigenvalue weighted by Crippen LogP contribution is -2.56. The maximum atomic E-state index is 14.1. The summed E-state index contributed by atoms with van der Waals surface area (Å²) in [7, 11) is 0. The van der Waals surface area contributed by atoms with E-state index in [9.17, 15) is 18.8 Å². The zero-order valence-corrected chi connectivity index (χ0v) is 19.3. The minimum Gasteiger partial charge on any atom is -0.327 e. The molecule has 2 heterocycles. The van der Waals surface area contributed by atoms with Gasteiger partial charge in [-0.1, -0.05) is 19.9 Å². The molecule has 0 bridgehead atoms. The Balaban J connectivity index is 1.78. The van der Waals surface area contributed by atoms with Gasteiger partial charge in [0.05, 0.1) is 5.75 Å². The van der Waals surface area contributed by atoms with Gasteiger partial charge in [0.15, 0.2) is 11.3 Å². The number of carbonyl (C=O) groups is 3. The van der Waals surface area contributed by atoms with Gasteiger partial charge in [0.1, 0.15) is 12.2 Å². The lowest BCUT2D eigenvalue weighted by Gasteiger charge is -2.36. The van der Waals surface area contributed by atoms with Crippen LogP contribution in [0.5, 0.6) is 0 Å². The van der Waals surface area contributed by atoms with Crippen LogP contribution in [0.25, 0.3) is 5.69 Å². The zero-order chi connectivity index (χ0) is 22.9. The van der Waals surface area contributed by atoms with Gasteiger partial charge in [-0.05, 0) is 50.5 Å². The summed E-state index contributed by atoms with van der Waals surface area (Å²) in [6.07, 6.45) is -0.161. The molecule has 0 spiro atoms. The first-order valence-corrected chi connectivity index (χ1v) is 11.3. The number of rotatable bonds is 7. The van der Waals surface area contributed by atoms with Crippen molar-refractivity contribution in [2.45, 2.75) is 46.5 Å². The van der Waals surface area contributed by atoms with E-state index in [0.29, 0.717) is 23.4 Å². The van der Waals surface area contributed by atoms with Crippen molar-refractivity contribution in [2.75, 3.05) is 12.3 Å². The fourth-order valence-corrected chi connectivity index (χ4v) is 4.82. The number of aryl methyl sites for hydroxylation is 2. The second-order valence-electron chi connectivity index (χ2n) is 8.32. The summed E-state index contributed by atoms with van der Waals surface area (Å²) in [4.78, 5) is 38.8. The Morgan fingerprint density at radius 1 is 1.23 bits per heavy atom. The van der Waals surface area contributed by atoms with Gasteiger partial charge in [-0.3, -0.25) is 14.4 Å². The average molecular weight is 446 g/mol. The smallest absolute Gasteiger partial charge is 0.234 e. The Labute approximate surface area is 186 Å². The largest absolute Gasteiger partial charge is 0.327 e. The third-order valence-corrected chi connectivity index (χ3v) is 6.40. The van der Waals surface area contributed by atoms with E-state index in [-0.39, 0.29) is 41.5 Å². The highest BCUT2D eigenvalue weighted by molar-refractivity contribution is 8.00. The molecule has 166 valence electrons. The molecular weight excluding hydrogens is 417 g/mol. The highest BCUT2D eigenvalue weighted by Crippen LogP contribution is 2.26. The molecule has 1 aromatic carbocycles. The number of aromatic nitrogens is 1. The molecule has 0 radical (unpaired) electrons. The SMILES string of the molecule is Cc1ccc(-n2c(C)cc(C(=O)CS[C@H]3NC(=O)CC(=O)N3CC(C)C)c2C)cc1F. The number of ketones is 1. The summed E-state index contributed by atoms with van der Waals surface area (Å²) in [5.41, 5.74) is 2.78. The topological polar surface area (TPSA) is 71.4 Å². The maximum Gasteiger partial charge on any atom is 0.234 e. The number of nitrogens with zero attached hydrogens (tertiary/aromatic N) is 2. The molecule has 0 unspecified atom stereocenters. The van der Waals surface area contributed by atoms with Crippen LogP contribution < -0.4 is 5.32 Å². The van der Waals surface area contributed by atoms with Gasteiger partial charge in [0.25, 0.3) is 0 Å². The quantitative estimate of drug-likeness (QED) is 0.521. The molecule has 1 fully saturated rings. The van der Waals surface area contributed by atoms with E-state index in [2.05, 4.69) is 5.32 Å². The average Bonchev–Trinajstić information content (AvgIpc) is 2.98. The van der Waals surface area contributed by atoms with E-state index in [1.807, 2.05) is 38.3 Å². The highest BCUT2D eigenvalue weighted by Gasteiger charge is 2.33. The number of halogens is 1. The second kappa shape index (κ2) is 9.26. The summed E-state index contributed by atoms with van der Waals surface area (Å²) in [5, 5.41) is 2.81. The number of nitrogens with one attached hydrogen (secondary N) is 1. The molecule has 6 nitrogen and oxygen atoms in total. The van der Waals surface area contributed by atoms with E-state index >= 15 is 0 Å². The number of hydrogen-bond donors (Lipinski definition) is 1. The standard InChI is InChI=1S/C23H28FN3O3S/c1-13(2)11-26-22(30)10-21(29)25-23(26)31-12-20(28)18-8-15(4)27(16(18)5)17-7-6-14(3)19(24)9-17/h6-9,13,23H,10-12H2,1-5H3,(H,25,29)/t23-/m0/s1. The summed E-state index contributed by atoms with van der Waals surface area (Å²) in [5.74, 6) is -0.590. The minimum absolute atomic E-state index is 0.103. The Kier molecular flexibility index (Phi) is 6.89. The predicted octanol–water partition coefficient (Wildman–Crippen LogP) is 3.75. The van der Waals surface area contributed by atoms with Gasteiger partial charge < -0.3 is 14.8 Å². The van der Waals surface area contributed by atoms with Gasteiger partial charge in [-0.2, -0.15) is 0 Å². The van der Waals surface area contributed by atoms with Crippen LogP contribution in [-0.4, -0.2) is 44.9 Å². The van der Waals surface area contributed by atoms with Crippen LogP contribution in [-0.2, 0) is 9.59 Å². The van der Waals surface area contributed by atoms with Crippen LogP contribution in [0.1, 0.15) is 47.6 Å². The van der Waals surface area contributed by atoms with E-state index in [1.54, 1.807) is 24.0 Å². The molecule has 1 aromatic heterocycles. The van der Waals surface area contributed by atoms with Crippen molar-refractivity contribution in [3.63, 3.8) is 0 Å². The van der Waals surface area contributed by atoms with Gasteiger partial charge in [-0.15, -0.1) is 11.8 Å². The molecule has 2 aromatic rings. The van der Waals surface area contributed by atoms with Crippen LogP contribution in [0.2, 0.25) is 0 Å². The van der Waals surface area contributed by atoms with Crippen LogP contribution in [0.4, 0.5) is 4.39 Å². The van der Waals surface area contributed by atoms with Gasteiger partial charge in [-0.25, -0.2) is 4.39 Å². The molecule has 1 aliphatic heterocycles. The number of carbonyl (C=O) groups excluding carboxylic acids is 3. The van der Waals surface area contributed by atoms with Gasteiger partial charge >= 0.3 is 0 Å². The fourth-order valence-electron chi connectivity index (χ4n) is 3.75. The predicted molar refractivity (Wildman–Crippen MR) is 120 cm³/mol. The Bertz CT molecular complexity index is 1030. The molecule has 8 heteroatoms. The van der Waals surface area contributed by atoms with E-state index in [0.717, 1.165) is 11.4 Å². The summed E-state index contributed by atoms with van der Waals surface area (Å²) >= 11 is 1.24.